The van der Waals surface area contributed by atoms with Crippen LogP contribution >= 0.6 is 23.2 Å². The molecule has 0 spiro atoms. The van der Waals surface area contributed by atoms with Crippen molar-refractivity contribution in [2.45, 2.75) is 51.5 Å². The van der Waals surface area contributed by atoms with E-state index < -0.39 is 0 Å². The van der Waals surface area contributed by atoms with Gasteiger partial charge in [0.1, 0.15) is 0 Å². The number of benzene rings is 1. The number of rotatable bonds is 4. The lowest BCUT2D eigenvalue weighted by molar-refractivity contribution is 0.219. The lowest BCUT2D eigenvalue weighted by Gasteiger charge is -2.34. The number of halogens is 2. The van der Waals surface area contributed by atoms with Crippen LogP contribution < -0.4 is 5.73 Å². The molecule has 1 saturated carbocycles. The highest BCUT2D eigenvalue weighted by atomic mass is 35.5. The van der Waals surface area contributed by atoms with Crippen LogP contribution in [-0.4, -0.2) is 6.04 Å². The summed E-state index contributed by atoms with van der Waals surface area (Å²) in [4.78, 5) is 0. The Hall–Kier alpha value is -0.240. The van der Waals surface area contributed by atoms with Gasteiger partial charge in [-0.25, -0.2) is 0 Å². The second-order valence-electron chi connectivity index (χ2n) is 5.45. The van der Waals surface area contributed by atoms with Crippen molar-refractivity contribution in [1.29, 1.82) is 0 Å². The van der Waals surface area contributed by atoms with Gasteiger partial charge in [-0.1, -0.05) is 55.1 Å². The third kappa shape index (κ3) is 2.68. The molecular weight excluding hydrogens is 265 g/mol. The zero-order valence-corrected chi connectivity index (χ0v) is 12.4. The Bertz CT molecular complexity index is 411. The largest absolute Gasteiger partial charge is 0.327 e. The highest BCUT2D eigenvalue weighted by molar-refractivity contribution is 6.42. The van der Waals surface area contributed by atoms with Crippen LogP contribution in [0, 0.1) is 5.41 Å². The number of hydrogen-bond donors (Lipinski definition) is 1. The van der Waals surface area contributed by atoms with Crippen molar-refractivity contribution >= 4 is 23.2 Å². The third-order valence-corrected chi connectivity index (χ3v) is 5.42. The summed E-state index contributed by atoms with van der Waals surface area (Å²) in [5.41, 5.74) is 7.86. The van der Waals surface area contributed by atoms with Crippen LogP contribution in [0.2, 0.25) is 10.0 Å². The summed E-state index contributed by atoms with van der Waals surface area (Å²) >= 11 is 12.3. The maximum absolute atomic E-state index is 6.47. The van der Waals surface area contributed by atoms with Gasteiger partial charge >= 0.3 is 0 Å². The predicted octanol–water partition coefficient (Wildman–Crippen LogP) is 4.83. The van der Waals surface area contributed by atoms with Gasteiger partial charge in [-0.2, -0.15) is 0 Å². The van der Waals surface area contributed by atoms with Crippen molar-refractivity contribution in [2.24, 2.45) is 11.1 Å². The molecule has 1 nitrogen and oxygen atoms in total. The second-order valence-corrected chi connectivity index (χ2v) is 6.23. The van der Waals surface area contributed by atoms with Crippen LogP contribution in [0.25, 0.3) is 0 Å². The molecule has 1 atom stereocenters. The fraction of sp³-hybridized carbons (Fsp3) is 0.600. The number of nitrogens with two attached hydrogens (primary N) is 1. The normalized spacial score (nSPS) is 20.0. The van der Waals surface area contributed by atoms with E-state index >= 15 is 0 Å². The summed E-state index contributed by atoms with van der Waals surface area (Å²) in [6, 6.07) is 5.99. The van der Waals surface area contributed by atoms with Gasteiger partial charge in [-0.3, -0.25) is 0 Å². The first-order valence-electron chi connectivity index (χ1n) is 6.77. The van der Waals surface area contributed by atoms with Crippen LogP contribution in [0.4, 0.5) is 0 Å². The van der Waals surface area contributed by atoms with Gasteiger partial charge in [-0.15, -0.1) is 0 Å². The highest BCUT2D eigenvalue weighted by Gasteiger charge is 2.37. The monoisotopic (exact) mass is 285 g/mol. The first kappa shape index (κ1) is 14.2. The van der Waals surface area contributed by atoms with Gasteiger partial charge in [0.05, 0.1) is 10.0 Å². The average molecular weight is 286 g/mol. The molecule has 1 unspecified atom stereocenters. The van der Waals surface area contributed by atoms with Gasteiger partial charge in [0, 0.05) is 6.04 Å². The molecule has 0 aromatic heterocycles. The minimum absolute atomic E-state index is 0.181. The van der Waals surface area contributed by atoms with Crippen molar-refractivity contribution in [3.05, 3.63) is 33.8 Å². The molecule has 1 aliphatic rings. The third-order valence-electron chi connectivity index (χ3n) is 4.56. The Balaban J connectivity index is 2.15. The van der Waals surface area contributed by atoms with Gasteiger partial charge < -0.3 is 5.73 Å². The molecule has 0 radical (unpaired) electrons. The van der Waals surface area contributed by atoms with Crippen molar-refractivity contribution in [3.8, 4) is 0 Å². The van der Waals surface area contributed by atoms with E-state index in [1.165, 1.54) is 25.7 Å². The summed E-state index contributed by atoms with van der Waals surface area (Å²) in [5.74, 6) is 0. The lowest BCUT2D eigenvalue weighted by atomic mass is 9.74. The van der Waals surface area contributed by atoms with Crippen molar-refractivity contribution < 1.29 is 0 Å². The average Bonchev–Trinajstić information content (AvgIpc) is 2.85. The minimum atomic E-state index is 0.181. The van der Waals surface area contributed by atoms with Crippen LogP contribution in [0.15, 0.2) is 18.2 Å². The van der Waals surface area contributed by atoms with E-state index in [0.717, 1.165) is 18.4 Å². The molecule has 0 saturated heterocycles. The Morgan fingerprint density at radius 3 is 2.56 bits per heavy atom. The van der Waals surface area contributed by atoms with Gasteiger partial charge in [-0.05, 0) is 42.7 Å². The van der Waals surface area contributed by atoms with Crippen LogP contribution in [0.3, 0.4) is 0 Å². The summed E-state index contributed by atoms with van der Waals surface area (Å²) in [7, 11) is 0. The molecule has 3 heteroatoms. The van der Waals surface area contributed by atoms with E-state index in [1.54, 1.807) is 0 Å². The van der Waals surface area contributed by atoms with E-state index in [1.807, 2.05) is 18.2 Å². The summed E-state index contributed by atoms with van der Waals surface area (Å²) in [6.07, 6.45) is 7.11. The molecule has 1 fully saturated rings. The molecule has 2 N–H and O–H groups in total. The van der Waals surface area contributed by atoms with E-state index in [0.29, 0.717) is 15.5 Å². The molecule has 1 aromatic carbocycles. The summed E-state index contributed by atoms with van der Waals surface area (Å²) in [6.45, 7) is 2.25. The maximum atomic E-state index is 6.47. The second kappa shape index (κ2) is 5.81. The smallest absolute Gasteiger partial charge is 0.0624 e. The topological polar surface area (TPSA) is 26.0 Å². The highest BCUT2D eigenvalue weighted by Crippen LogP contribution is 2.44. The Morgan fingerprint density at radius 2 is 1.94 bits per heavy atom. The first-order valence-corrected chi connectivity index (χ1v) is 7.53. The zero-order valence-electron chi connectivity index (χ0n) is 10.9. The Labute approximate surface area is 120 Å². The standard InChI is InChI=1S/C15H21Cl2N/c1-2-15(8-3-4-9-15)13(18)10-11-6-5-7-12(16)14(11)17/h5-7,13H,2-4,8-10,18H2,1H3. The van der Waals surface area contributed by atoms with Crippen molar-refractivity contribution in [3.63, 3.8) is 0 Å². The van der Waals surface area contributed by atoms with Crippen molar-refractivity contribution in [2.75, 3.05) is 0 Å². The molecule has 100 valence electrons. The van der Waals surface area contributed by atoms with Gasteiger partial charge in [0.2, 0.25) is 0 Å². The molecular formula is C15H21Cl2N. The Kier molecular flexibility index (Phi) is 4.58. The van der Waals surface area contributed by atoms with E-state index in [4.69, 9.17) is 28.9 Å². The van der Waals surface area contributed by atoms with Gasteiger partial charge in [0.25, 0.3) is 0 Å². The minimum Gasteiger partial charge on any atom is -0.327 e. The van der Waals surface area contributed by atoms with Gasteiger partial charge in [0.15, 0.2) is 0 Å². The van der Waals surface area contributed by atoms with E-state index in [-0.39, 0.29) is 6.04 Å². The Morgan fingerprint density at radius 1 is 1.28 bits per heavy atom. The fourth-order valence-corrected chi connectivity index (χ4v) is 3.62. The molecule has 1 aromatic rings. The zero-order chi connectivity index (χ0) is 13.2. The SMILES string of the molecule is CCC1(C(N)Cc2cccc(Cl)c2Cl)CCCC1. The lowest BCUT2D eigenvalue weighted by Crippen LogP contribution is -2.41. The first-order chi connectivity index (χ1) is 8.59. The molecule has 0 heterocycles. The van der Waals surface area contributed by atoms with E-state index in [2.05, 4.69) is 6.92 Å². The quantitative estimate of drug-likeness (QED) is 0.842. The van der Waals surface area contributed by atoms with Crippen LogP contribution in [0.5, 0.6) is 0 Å². The fourth-order valence-electron chi connectivity index (χ4n) is 3.23. The molecule has 18 heavy (non-hydrogen) atoms. The maximum Gasteiger partial charge on any atom is 0.0624 e. The predicted molar refractivity (Wildman–Crippen MR) is 79.3 cm³/mol. The molecule has 0 aliphatic heterocycles. The molecule has 0 bridgehead atoms. The molecule has 2 rings (SSSR count). The van der Waals surface area contributed by atoms with Crippen LogP contribution in [-0.2, 0) is 6.42 Å². The van der Waals surface area contributed by atoms with Crippen LogP contribution in [0.1, 0.15) is 44.6 Å². The summed E-state index contributed by atoms with van der Waals surface area (Å²) < 4.78 is 0. The summed E-state index contributed by atoms with van der Waals surface area (Å²) in [5, 5.41) is 1.29. The van der Waals surface area contributed by atoms with Crippen molar-refractivity contribution in [1.82, 2.24) is 0 Å². The van der Waals surface area contributed by atoms with E-state index in [9.17, 15) is 0 Å². The molecule has 1 aliphatic carbocycles. The number of hydrogen-bond acceptors (Lipinski definition) is 1. The molecule has 0 amide bonds.